The quantitative estimate of drug-likeness (QED) is 0.674. The number of aromatic nitrogens is 1. The second-order valence-corrected chi connectivity index (χ2v) is 2.90. The molecule has 1 aromatic heterocycles. The SMILES string of the molecule is Nc1ccc(C2C=CC=CN2)cn1. The molecule has 0 radical (unpaired) electrons. The number of rotatable bonds is 1. The minimum Gasteiger partial charge on any atom is -0.384 e. The summed E-state index contributed by atoms with van der Waals surface area (Å²) in [5.41, 5.74) is 6.61. The van der Waals surface area contributed by atoms with E-state index >= 15 is 0 Å². The van der Waals surface area contributed by atoms with E-state index in [0.29, 0.717) is 5.82 Å². The lowest BCUT2D eigenvalue weighted by Crippen LogP contribution is -2.15. The molecule has 3 heteroatoms. The number of nitrogens with two attached hydrogens (primary N) is 1. The van der Waals surface area contributed by atoms with E-state index in [1.165, 1.54) is 0 Å². The summed E-state index contributed by atoms with van der Waals surface area (Å²) in [6.07, 6.45) is 9.75. The zero-order valence-corrected chi connectivity index (χ0v) is 7.14. The molecule has 0 aromatic carbocycles. The van der Waals surface area contributed by atoms with Gasteiger partial charge in [0.05, 0.1) is 6.04 Å². The highest BCUT2D eigenvalue weighted by Crippen LogP contribution is 2.16. The Morgan fingerprint density at radius 3 is 2.85 bits per heavy atom. The summed E-state index contributed by atoms with van der Waals surface area (Å²) in [6.45, 7) is 0. The summed E-state index contributed by atoms with van der Waals surface area (Å²) < 4.78 is 0. The van der Waals surface area contributed by atoms with Gasteiger partial charge in [0.2, 0.25) is 0 Å². The van der Waals surface area contributed by atoms with Crippen molar-refractivity contribution in [2.45, 2.75) is 6.04 Å². The van der Waals surface area contributed by atoms with Gasteiger partial charge >= 0.3 is 0 Å². The van der Waals surface area contributed by atoms with Crippen LogP contribution >= 0.6 is 0 Å². The molecule has 3 nitrogen and oxygen atoms in total. The van der Waals surface area contributed by atoms with Gasteiger partial charge in [0.1, 0.15) is 5.82 Å². The number of nitrogen functional groups attached to an aromatic ring is 1. The Morgan fingerprint density at radius 2 is 2.23 bits per heavy atom. The van der Waals surface area contributed by atoms with Crippen LogP contribution in [0.4, 0.5) is 5.82 Å². The summed E-state index contributed by atoms with van der Waals surface area (Å²) in [5.74, 6) is 0.555. The van der Waals surface area contributed by atoms with Crippen LogP contribution in [0, 0.1) is 0 Å². The van der Waals surface area contributed by atoms with Gasteiger partial charge in [-0.05, 0) is 23.9 Å². The van der Waals surface area contributed by atoms with E-state index in [2.05, 4.69) is 16.4 Å². The van der Waals surface area contributed by atoms with Crippen molar-refractivity contribution in [1.82, 2.24) is 10.3 Å². The maximum absolute atomic E-state index is 5.49. The molecule has 0 spiro atoms. The first-order valence-corrected chi connectivity index (χ1v) is 4.17. The highest BCUT2D eigenvalue weighted by atomic mass is 14.9. The molecular weight excluding hydrogens is 162 g/mol. The third kappa shape index (κ3) is 1.69. The number of pyridine rings is 1. The minimum absolute atomic E-state index is 0.220. The largest absolute Gasteiger partial charge is 0.384 e. The number of nitrogens with one attached hydrogen (secondary N) is 1. The lowest BCUT2D eigenvalue weighted by atomic mass is 10.1. The molecule has 13 heavy (non-hydrogen) atoms. The van der Waals surface area contributed by atoms with Crippen LogP contribution in [0.2, 0.25) is 0 Å². The van der Waals surface area contributed by atoms with Crippen molar-refractivity contribution in [1.29, 1.82) is 0 Å². The maximum Gasteiger partial charge on any atom is 0.123 e. The lowest BCUT2D eigenvalue weighted by molar-refractivity contribution is 0.743. The molecule has 0 aliphatic carbocycles. The van der Waals surface area contributed by atoms with E-state index in [9.17, 15) is 0 Å². The molecule has 2 heterocycles. The Bertz CT molecular complexity index is 338. The van der Waals surface area contributed by atoms with Gasteiger partial charge < -0.3 is 11.1 Å². The molecule has 1 aliphatic heterocycles. The predicted octanol–water partition coefficient (Wildman–Crippen LogP) is 1.38. The minimum atomic E-state index is 0.220. The summed E-state index contributed by atoms with van der Waals surface area (Å²) >= 11 is 0. The van der Waals surface area contributed by atoms with E-state index in [0.717, 1.165) is 5.56 Å². The molecule has 0 fully saturated rings. The monoisotopic (exact) mass is 173 g/mol. The molecule has 1 atom stereocenters. The van der Waals surface area contributed by atoms with E-state index in [1.54, 1.807) is 6.20 Å². The summed E-state index contributed by atoms with van der Waals surface area (Å²) in [6, 6.07) is 4.00. The Hall–Kier alpha value is -1.77. The maximum atomic E-state index is 5.49. The lowest BCUT2D eigenvalue weighted by Gasteiger charge is -2.15. The van der Waals surface area contributed by atoms with Gasteiger partial charge in [0.15, 0.2) is 0 Å². The van der Waals surface area contributed by atoms with Crippen LogP contribution in [0.5, 0.6) is 0 Å². The van der Waals surface area contributed by atoms with Gasteiger partial charge in [-0.3, -0.25) is 0 Å². The number of hydrogen-bond donors (Lipinski definition) is 2. The van der Waals surface area contributed by atoms with Crippen molar-refractivity contribution in [2.24, 2.45) is 0 Å². The molecule has 0 amide bonds. The molecule has 0 saturated carbocycles. The Labute approximate surface area is 77.0 Å². The van der Waals surface area contributed by atoms with Crippen LogP contribution in [-0.2, 0) is 0 Å². The molecule has 1 unspecified atom stereocenters. The first-order valence-electron chi connectivity index (χ1n) is 4.17. The molecule has 1 aliphatic rings. The molecule has 0 bridgehead atoms. The van der Waals surface area contributed by atoms with Crippen LogP contribution in [-0.4, -0.2) is 4.98 Å². The predicted molar refractivity (Wildman–Crippen MR) is 52.8 cm³/mol. The van der Waals surface area contributed by atoms with E-state index < -0.39 is 0 Å². The first-order chi connectivity index (χ1) is 6.36. The van der Waals surface area contributed by atoms with Gasteiger partial charge in [-0.2, -0.15) is 0 Å². The molecule has 1 aromatic rings. The third-order valence-corrected chi connectivity index (χ3v) is 1.96. The van der Waals surface area contributed by atoms with Gasteiger partial charge in [0, 0.05) is 6.20 Å². The summed E-state index contributed by atoms with van der Waals surface area (Å²) in [4.78, 5) is 4.03. The molecular formula is C10H11N3. The van der Waals surface area contributed by atoms with Gasteiger partial charge in [-0.25, -0.2) is 4.98 Å². The molecule has 2 rings (SSSR count). The number of anilines is 1. The highest BCUT2D eigenvalue weighted by Gasteiger charge is 2.06. The van der Waals surface area contributed by atoms with Crippen LogP contribution in [0.3, 0.4) is 0 Å². The third-order valence-electron chi connectivity index (χ3n) is 1.96. The van der Waals surface area contributed by atoms with Crippen molar-refractivity contribution < 1.29 is 0 Å². The zero-order chi connectivity index (χ0) is 9.10. The fourth-order valence-corrected chi connectivity index (χ4v) is 1.25. The van der Waals surface area contributed by atoms with Crippen LogP contribution in [0.25, 0.3) is 0 Å². The fourth-order valence-electron chi connectivity index (χ4n) is 1.25. The Morgan fingerprint density at radius 1 is 1.31 bits per heavy atom. The van der Waals surface area contributed by atoms with E-state index in [-0.39, 0.29) is 6.04 Å². The average Bonchev–Trinajstić information content (AvgIpc) is 2.20. The number of dihydropyridines is 1. The second-order valence-electron chi connectivity index (χ2n) is 2.90. The molecule has 66 valence electrons. The summed E-state index contributed by atoms with van der Waals surface area (Å²) in [7, 11) is 0. The molecule has 0 saturated heterocycles. The smallest absolute Gasteiger partial charge is 0.123 e. The normalized spacial score (nSPS) is 19.8. The van der Waals surface area contributed by atoms with Gasteiger partial charge in [-0.15, -0.1) is 0 Å². The topological polar surface area (TPSA) is 50.9 Å². The average molecular weight is 173 g/mol. The number of hydrogen-bond acceptors (Lipinski definition) is 3. The first kappa shape index (κ1) is 7.86. The Kier molecular flexibility index (Phi) is 2.00. The summed E-state index contributed by atoms with van der Waals surface area (Å²) in [5, 5.41) is 3.21. The van der Waals surface area contributed by atoms with Crippen LogP contribution in [0.1, 0.15) is 11.6 Å². The Balaban J connectivity index is 2.21. The molecule has 3 N–H and O–H groups in total. The highest BCUT2D eigenvalue weighted by molar-refractivity contribution is 5.33. The van der Waals surface area contributed by atoms with E-state index in [1.807, 2.05) is 30.5 Å². The van der Waals surface area contributed by atoms with Crippen molar-refractivity contribution in [3.63, 3.8) is 0 Å². The van der Waals surface area contributed by atoms with Crippen molar-refractivity contribution in [3.05, 3.63) is 48.3 Å². The number of allylic oxidation sites excluding steroid dienone is 2. The number of nitrogens with zero attached hydrogens (tertiary/aromatic N) is 1. The van der Waals surface area contributed by atoms with Gasteiger partial charge in [0.25, 0.3) is 0 Å². The van der Waals surface area contributed by atoms with Crippen molar-refractivity contribution in [2.75, 3.05) is 5.73 Å². The van der Waals surface area contributed by atoms with Crippen molar-refractivity contribution >= 4 is 5.82 Å². The fraction of sp³-hybridized carbons (Fsp3) is 0.100. The van der Waals surface area contributed by atoms with Gasteiger partial charge in [-0.1, -0.05) is 18.2 Å². The standard InChI is InChI=1S/C10H11N3/c11-10-5-4-8(7-13-10)9-3-1-2-6-12-9/h1-7,9,12H,(H2,11,13). The zero-order valence-electron chi connectivity index (χ0n) is 7.14. The van der Waals surface area contributed by atoms with Crippen LogP contribution < -0.4 is 11.1 Å². The van der Waals surface area contributed by atoms with Crippen molar-refractivity contribution in [3.8, 4) is 0 Å². The second kappa shape index (κ2) is 3.31. The van der Waals surface area contributed by atoms with E-state index in [4.69, 9.17) is 5.73 Å². The van der Waals surface area contributed by atoms with Crippen LogP contribution in [0.15, 0.2) is 42.8 Å².